The predicted molar refractivity (Wildman–Crippen MR) is 76.3 cm³/mol. The Morgan fingerprint density at radius 3 is 2.05 bits per heavy atom. The van der Waals surface area contributed by atoms with Crippen LogP contribution in [0, 0.1) is 5.41 Å². The maximum atomic E-state index is 12.3. The molecule has 108 valence electrons. The molecule has 19 heavy (non-hydrogen) atoms. The van der Waals surface area contributed by atoms with Gasteiger partial charge in [-0.05, 0) is 25.7 Å². The Hall–Kier alpha value is -1.26. The molecule has 0 aromatic carbocycles. The van der Waals surface area contributed by atoms with Crippen LogP contribution in [0.4, 0.5) is 4.79 Å². The third-order valence-electron chi connectivity index (χ3n) is 4.46. The monoisotopic (exact) mass is 266 g/mol. The first-order valence-electron chi connectivity index (χ1n) is 7.56. The Kier molecular flexibility index (Phi) is 4.66. The fraction of sp³-hybridized carbons (Fsp3) is 0.857. The van der Waals surface area contributed by atoms with E-state index in [1.165, 1.54) is 19.3 Å². The maximum absolute atomic E-state index is 12.3. The Morgan fingerprint density at radius 2 is 1.53 bits per heavy atom. The minimum Gasteiger partial charge on any atom is -0.386 e. The number of hydrogen-bond acceptors (Lipinski definition) is 2. The summed E-state index contributed by atoms with van der Waals surface area (Å²) in [6.07, 6.45) is 9.47. The summed E-state index contributed by atoms with van der Waals surface area (Å²) < 4.78 is 0. The molecule has 0 spiro atoms. The lowest BCUT2D eigenvalue weighted by molar-refractivity contribution is 0.195. The first-order chi connectivity index (χ1) is 9.14. The van der Waals surface area contributed by atoms with E-state index in [2.05, 4.69) is 5.32 Å². The van der Waals surface area contributed by atoms with Crippen LogP contribution in [0.15, 0.2) is 0 Å². The third kappa shape index (κ3) is 3.39. The number of carbonyl (C=O) groups excluding carboxylic acids is 1. The summed E-state index contributed by atoms with van der Waals surface area (Å²) in [5.41, 5.74) is 5.22. The summed E-state index contributed by atoms with van der Waals surface area (Å²) in [6, 6.07) is -0.0340. The summed E-state index contributed by atoms with van der Waals surface area (Å²) in [4.78, 5) is 14.1. The van der Waals surface area contributed by atoms with E-state index in [0.717, 1.165) is 51.6 Å². The molecule has 1 saturated carbocycles. The summed E-state index contributed by atoms with van der Waals surface area (Å²) >= 11 is 0. The van der Waals surface area contributed by atoms with Gasteiger partial charge in [0.15, 0.2) is 0 Å². The molecule has 5 nitrogen and oxygen atoms in total. The van der Waals surface area contributed by atoms with E-state index in [1.807, 2.05) is 4.90 Å². The number of amidine groups is 1. The van der Waals surface area contributed by atoms with E-state index in [4.69, 9.17) is 11.1 Å². The van der Waals surface area contributed by atoms with Crippen LogP contribution in [0.2, 0.25) is 0 Å². The van der Waals surface area contributed by atoms with Crippen LogP contribution in [0.25, 0.3) is 0 Å². The molecule has 0 atom stereocenters. The van der Waals surface area contributed by atoms with E-state index in [1.54, 1.807) is 0 Å². The molecule has 0 aromatic rings. The molecule has 2 rings (SSSR count). The Balaban J connectivity index is 2.04. The van der Waals surface area contributed by atoms with Gasteiger partial charge in [0.2, 0.25) is 0 Å². The van der Waals surface area contributed by atoms with Gasteiger partial charge in [-0.15, -0.1) is 0 Å². The Morgan fingerprint density at radius 1 is 1.00 bits per heavy atom. The van der Waals surface area contributed by atoms with Crippen molar-refractivity contribution in [1.82, 2.24) is 10.2 Å². The van der Waals surface area contributed by atoms with Gasteiger partial charge in [0.05, 0.1) is 5.54 Å². The van der Waals surface area contributed by atoms with E-state index >= 15 is 0 Å². The van der Waals surface area contributed by atoms with Gasteiger partial charge in [0.25, 0.3) is 0 Å². The highest BCUT2D eigenvalue weighted by molar-refractivity contribution is 5.91. The van der Waals surface area contributed by atoms with Crippen LogP contribution in [-0.4, -0.2) is 35.4 Å². The second-order valence-corrected chi connectivity index (χ2v) is 5.89. The average Bonchev–Trinajstić information content (AvgIpc) is 2.86. The summed E-state index contributed by atoms with van der Waals surface area (Å²) in [5.74, 6) is 0.127. The van der Waals surface area contributed by atoms with Gasteiger partial charge in [-0.3, -0.25) is 5.41 Å². The Bertz CT molecular complexity index is 328. The molecule has 2 fully saturated rings. The molecular weight excluding hydrogens is 240 g/mol. The molecule has 2 aliphatic rings. The van der Waals surface area contributed by atoms with Gasteiger partial charge in [0, 0.05) is 13.1 Å². The standard InChI is InChI=1S/C14H26N4O/c15-12(16)14(8-4-2-1-3-5-9-14)17-13(19)18-10-6-7-11-18/h1-11H2,(H3,15,16)(H,17,19). The number of nitrogens with two attached hydrogens (primary N) is 1. The van der Waals surface area contributed by atoms with Crippen molar-refractivity contribution in [2.24, 2.45) is 5.73 Å². The van der Waals surface area contributed by atoms with E-state index in [0.29, 0.717) is 0 Å². The van der Waals surface area contributed by atoms with Crippen LogP contribution < -0.4 is 11.1 Å². The number of nitrogens with zero attached hydrogens (tertiary/aromatic N) is 1. The van der Waals surface area contributed by atoms with Crippen molar-refractivity contribution in [3.63, 3.8) is 0 Å². The summed E-state index contributed by atoms with van der Waals surface area (Å²) in [6.45, 7) is 1.67. The molecule has 0 radical (unpaired) electrons. The summed E-state index contributed by atoms with van der Waals surface area (Å²) in [5, 5.41) is 11.0. The zero-order valence-corrected chi connectivity index (χ0v) is 11.7. The van der Waals surface area contributed by atoms with Crippen molar-refractivity contribution in [1.29, 1.82) is 5.41 Å². The number of carbonyl (C=O) groups is 1. The molecule has 1 aliphatic carbocycles. The fourth-order valence-corrected chi connectivity index (χ4v) is 3.17. The van der Waals surface area contributed by atoms with Crippen molar-refractivity contribution in [2.75, 3.05) is 13.1 Å². The van der Waals surface area contributed by atoms with Crippen LogP contribution in [0.3, 0.4) is 0 Å². The van der Waals surface area contributed by atoms with Gasteiger partial charge in [-0.25, -0.2) is 4.79 Å². The molecule has 0 bridgehead atoms. The van der Waals surface area contributed by atoms with Crippen molar-refractivity contribution in [3.05, 3.63) is 0 Å². The first-order valence-corrected chi connectivity index (χ1v) is 7.56. The minimum absolute atomic E-state index is 0.0340. The van der Waals surface area contributed by atoms with Gasteiger partial charge in [0.1, 0.15) is 5.84 Å². The fourth-order valence-electron chi connectivity index (χ4n) is 3.17. The van der Waals surface area contributed by atoms with Crippen LogP contribution in [-0.2, 0) is 0 Å². The number of nitrogens with one attached hydrogen (secondary N) is 2. The van der Waals surface area contributed by atoms with Crippen molar-refractivity contribution in [2.45, 2.75) is 63.3 Å². The first kappa shape index (κ1) is 14.2. The number of rotatable bonds is 2. The average molecular weight is 266 g/mol. The molecule has 4 N–H and O–H groups in total. The molecule has 1 heterocycles. The number of urea groups is 1. The lowest BCUT2D eigenvalue weighted by Crippen LogP contribution is -2.59. The number of likely N-dealkylation sites (tertiary alicyclic amines) is 1. The lowest BCUT2D eigenvalue weighted by atomic mass is 9.83. The topological polar surface area (TPSA) is 82.2 Å². The second-order valence-electron chi connectivity index (χ2n) is 5.89. The highest BCUT2D eigenvalue weighted by atomic mass is 16.2. The normalized spacial score (nSPS) is 23.5. The van der Waals surface area contributed by atoms with E-state index in [9.17, 15) is 4.79 Å². The zero-order chi connectivity index (χ0) is 13.7. The highest BCUT2D eigenvalue weighted by Crippen LogP contribution is 2.27. The van der Waals surface area contributed by atoms with E-state index in [-0.39, 0.29) is 11.9 Å². The van der Waals surface area contributed by atoms with Gasteiger partial charge >= 0.3 is 6.03 Å². The molecule has 0 aromatic heterocycles. The lowest BCUT2D eigenvalue weighted by Gasteiger charge is -2.36. The van der Waals surface area contributed by atoms with Crippen molar-refractivity contribution >= 4 is 11.9 Å². The van der Waals surface area contributed by atoms with Crippen molar-refractivity contribution in [3.8, 4) is 0 Å². The molecule has 1 saturated heterocycles. The smallest absolute Gasteiger partial charge is 0.318 e. The molecule has 5 heteroatoms. The SMILES string of the molecule is N=C(N)C1(NC(=O)N2CCCC2)CCCCCCC1. The largest absolute Gasteiger partial charge is 0.386 e. The van der Waals surface area contributed by atoms with Crippen LogP contribution in [0.5, 0.6) is 0 Å². The van der Waals surface area contributed by atoms with Crippen molar-refractivity contribution < 1.29 is 4.79 Å². The molecule has 2 amide bonds. The molecule has 1 aliphatic heterocycles. The number of amides is 2. The van der Waals surface area contributed by atoms with Crippen LogP contribution in [0.1, 0.15) is 57.8 Å². The highest BCUT2D eigenvalue weighted by Gasteiger charge is 2.36. The zero-order valence-electron chi connectivity index (χ0n) is 11.7. The van der Waals surface area contributed by atoms with Crippen LogP contribution >= 0.6 is 0 Å². The molecular formula is C14H26N4O. The van der Waals surface area contributed by atoms with Gasteiger partial charge in [-0.2, -0.15) is 0 Å². The predicted octanol–water partition coefficient (Wildman–Crippen LogP) is 2.21. The number of hydrogen-bond donors (Lipinski definition) is 3. The third-order valence-corrected chi connectivity index (χ3v) is 4.46. The summed E-state index contributed by atoms with van der Waals surface area (Å²) in [7, 11) is 0. The van der Waals surface area contributed by atoms with E-state index < -0.39 is 5.54 Å². The quantitative estimate of drug-likeness (QED) is 0.529. The maximum Gasteiger partial charge on any atom is 0.318 e. The minimum atomic E-state index is -0.597. The van der Waals surface area contributed by atoms with Gasteiger partial charge < -0.3 is 16.0 Å². The van der Waals surface area contributed by atoms with Gasteiger partial charge in [-0.1, -0.05) is 32.1 Å². The Labute approximate surface area is 115 Å². The second kappa shape index (κ2) is 6.26. The molecule has 0 unspecified atom stereocenters.